The molecule has 1 aliphatic rings. The van der Waals surface area contributed by atoms with Gasteiger partial charge in [0.1, 0.15) is 5.76 Å². The van der Waals surface area contributed by atoms with Gasteiger partial charge in [0, 0.05) is 19.3 Å². The number of rotatable bonds is 5. The first-order valence-corrected chi connectivity index (χ1v) is 6.87. The molecule has 0 saturated carbocycles. The molecule has 0 heterocycles. The van der Waals surface area contributed by atoms with Gasteiger partial charge in [-0.25, -0.2) is 0 Å². The lowest BCUT2D eigenvalue weighted by molar-refractivity contribution is -0.124. The van der Waals surface area contributed by atoms with Gasteiger partial charge in [0.05, 0.1) is 17.8 Å². The van der Waals surface area contributed by atoms with Gasteiger partial charge < -0.3 is 9.84 Å². The summed E-state index contributed by atoms with van der Waals surface area (Å²) in [4.78, 5) is 23.7. The Hall–Kier alpha value is -1.16. The molecule has 0 amide bonds. The van der Waals surface area contributed by atoms with Gasteiger partial charge in [0.25, 0.3) is 0 Å². The highest BCUT2D eigenvalue weighted by Crippen LogP contribution is 2.28. The quantitative estimate of drug-likeness (QED) is 0.779. The van der Waals surface area contributed by atoms with Crippen LogP contribution in [0.1, 0.15) is 53.4 Å². The van der Waals surface area contributed by atoms with Crippen molar-refractivity contribution in [2.24, 2.45) is 5.92 Å². The first kappa shape index (κ1) is 15.9. The number of hydrogen-bond acceptors (Lipinski definition) is 4. The molecule has 4 nitrogen and oxygen atoms in total. The van der Waals surface area contributed by atoms with Crippen molar-refractivity contribution in [3.63, 3.8) is 0 Å². The number of aliphatic hydroxyl groups is 1. The van der Waals surface area contributed by atoms with Gasteiger partial charge in [-0.3, -0.25) is 9.59 Å². The van der Waals surface area contributed by atoms with Gasteiger partial charge in [-0.1, -0.05) is 6.92 Å². The second-order valence-corrected chi connectivity index (χ2v) is 6.12. The smallest absolute Gasteiger partial charge is 0.170 e. The van der Waals surface area contributed by atoms with E-state index in [4.69, 9.17) is 4.74 Å². The molecule has 1 unspecified atom stereocenters. The molecular weight excluding hydrogens is 244 g/mol. The maximum Gasteiger partial charge on any atom is 0.170 e. The van der Waals surface area contributed by atoms with Gasteiger partial charge in [-0.15, -0.1) is 0 Å². The number of Topliss-reactive ketones (excluding diaryl/α,β-unsaturated/α-hetero) is 2. The van der Waals surface area contributed by atoms with Gasteiger partial charge in [-0.05, 0) is 33.1 Å². The molecule has 0 aromatic carbocycles. The van der Waals surface area contributed by atoms with Crippen LogP contribution in [0, 0.1) is 5.92 Å². The summed E-state index contributed by atoms with van der Waals surface area (Å²) >= 11 is 0. The van der Waals surface area contributed by atoms with E-state index < -0.39 is 0 Å². The molecule has 0 aromatic heterocycles. The van der Waals surface area contributed by atoms with E-state index in [0.29, 0.717) is 25.9 Å². The van der Waals surface area contributed by atoms with Gasteiger partial charge >= 0.3 is 0 Å². The molecule has 4 heteroatoms. The third-order valence-corrected chi connectivity index (χ3v) is 3.03. The van der Waals surface area contributed by atoms with E-state index in [2.05, 4.69) is 0 Å². The van der Waals surface area contributed by atoms with Crippen LogP contribution in [0.15, 0.2) is 11.3 Å². The van der Waals surface area contributed by atoms with E-state index in [0.717, 1.165) is 0 Å². The standard InChI is InChI=1S/C15H24O4/c1-5-6-11(16)14-12(17)7-10(8-13(14)18)9-19-15(2,3)4/h10,17H,5-9H2,1-4H3. The van der Waals surface area contributed by atoms with Crippen LogP contribution in [0.4, 0.5) is 0 Å². The highest BCUT2D eigenvalue weighted by molar-refractivity contribution is 6.20. The average molecular weight is 268 g/mol. The molecule has 1 aliphatic carbocycles. The average Bonchev–Trinajstić information content (AvgIpc) is 2.25. The Labute approximate surface area is 114 Å². The molecule has 0 spiro atoms. The minimum Gasteiger partial charge on any atom is -0.511 e. The zero-order valence-electron chi connectivity index (χ0n) is 12.3. The molecule has 108 valence electrons. The van der Waals surface area contributed by atoms with Crippen LogP contribution in [-0.4, -0.2) is 28.9 Å². The van der Waals surface area contributed by atoms with Gasteiger partial charge in [0.15, 0.2) is 11.6 Å². The Morgan fingerprint density at radius 3 is 2.47 bits per heavy atom. The summed E-state index contributed by atoms with van der Waals surface area (Å²) in [5, 5.41) is 9.92. The van der Waals surface area contributed by atoms with E-state index >= 15 is 0 Å². The highest BCUT2D eigenvalue weighted by Gasteiger charge is 2.31. The number of ketones is 2. The minimum absolute atomic E-state index is 0.0221. The maximum atomic E-state index is 12.0. The van der Waals surface area contributed by atoms with Crippen molar-refractivity contribution in [2.45, 2.75) is 59.0 Å². The maximum absolute atomic E-state index is 12.0. The lowest BCUT2D eigenvalue weighted by Gasteiger charge is -2.27. The van der Waals surface area contributed by atoms with Crippen LogP contribution >= 0.6 is 0 Å². The molecule has 1 N–H and O–H groups in total. The van der Waals surface area contributed by atoms with Crippen LogP contribution in [0.25, 0.3) is 0 Å². The largest absolute Gasteiger partial charge is 0.511 e. The second kappa shape index (κ2) is 6.33. The molecule has 0 aliphatic heterocycles. The van der Waals surface area contributed by atoms with E-state index in [1.807, 2.05) is 27.7 Å². The topological polar surface area (TPSA) is 63.6 Å². The number of carbonyl (C=O) groups is 2. The Bertz CT molecular complexity index is 387. The SMILES string of the molecule is CCCC(=O)C1=C(O)CC(COC(C)(C)C)CC1=O. The number of aliphatic hydroxyl groups excluding tert-OH is 1. The van der Waals surface area contributed by atoms with Gasteiger partial charge in [-0.2, -0.15) is 0 Å². The zero-order valence-corrected chi connectivity index (χ0v) is 12.3. The van der Waals surface area contributed by atoms with Crippen LogP contribution in [0.3, 0.4) is 0 Å². The van der Waals surface area contributed by atoms with Crippen molar-refractivity contribution in [3.8, 4) is 0 Å². The number of hydrogen-bond donors (Lipinski definition) is 1. The van der Waals surface area contributed by atoms with Crippen molar-refractivity contribution in [3.05, 3.63) is 11.3 Å². The van der Waals surface area contributed by atoms with Crippen LogP contribution < -0.4 is 0 Å². The summed E-state index contributed by atoms with van der Waals surface area (Å²) < 4.78 is 5.64. The predicted octanol–water partition coefficient (Wildman–Crippen LogP) is 2.96. The summed E-state index contributed by atoms with van der Waals surface area (Å²) in [6.45, 7) is 8.15. The molecule has 0 radical (unpaired) electrons. The molecule has 0 fully saturated rings. The van der Waals surface area contributed by atoms with Crippen LogP contribution in [0.5, 0.6) is 0 Å². The van der Waals surface area contributed by atoms with E-state index in [-0.39, 0.29) is 40.8 Å². The molecule has 1 atom stereocenters. The van der Waals surface area contributed by atoms with Crippen molar-refractivity contribution >= 4 is 11.6 Å². The van der Waals surface area contributed by atoms with E-state index in [1.54, 1.807) is 0 Å². The Morgan fingerprint density at radius 1 is 1.37 bits per heavy atom. The molecule has 0 saturated heterocycles. The third-order valence-electron chi connectivity index (χ3n) is 3.03. The minimum atomic E-state index is -0.263. The number of carbonyl (C=O) groups excluding carboxylic acids is 2. The highest BCUT2D eigenvalue weighted by atomic mass is 16.5. The molecule has 19 heavy (non-hydrogen) atoms. The summed E-state index contributed by atoms with van der Waals surface area (Å²) in [5.74, 6) is -0.577. The van der Waals surface area contributed by atoms with Crippen molar-refractivity contribution in [2.75, 3.05) is 6.61 Å². The molecule has 0 bridgehead atoms. The second-order valence-electron chi connectivity index (χ2n) is 6.12. The van der Waals surface area contributed by atoms with E-state index in [9.17, 15) is 14.7 Å². The Morgan fingerprint density at radius 2 is 2.00 bits per heavy atom. The fourth-order valence-electron chi connectivity index (χ4n) is 2.13. The lowest BCUT2D eigenvalue weighted by atomic mass is 9.85. The van der Waals surface area contributed by atoms with Crippen molar-refractivity contribution < 1.29 is 19.4 Å². The first-order valence-electron chi connectivity index (χ1n) is 6.87. The van der Waals surface area contributed by atoms with Crippen molar-refractivity contribution in [1.29, 1.82) is 0 Å². The Balaban J connectivity index is 2.70. The van der Waals surface area contributed by atoms with Crippen LogP contribution in [0.2, 0.25) is 0 Å². The summed E-state index contributed by atoms with van der Waals surface area (Å²) in [7, 11) is 0. The van der Waals surface area contributed by atoms with E-state index in [1.165, 1.54) is 0 Å². The third kappa shape index (κ3) is 4.78. The summed E-state index contributed by atoms with van der Waals surface area (Å²) in [5.41, 5.74) is -0.241. The number of ether oxygens (including phenoxy) is 1. The Kier molecular flexibility index (Phi) is 5.29. The van der Waals surface area contributed by atoms with Crippen molar-refractivity contribution in [1.82, 2.24) is 0 Å². The summed E-state index contributed by atoms with van der Waals surface area (Å²) in [6.07, 6.45) is 1.63. The fourth-order valence-corrected chi connectivity index (χ4v) is 2.13. The first-order chi connectivity index (χ1) is 8.74. The fraction of sp³-hybridized carbons (Fsp3) is 0.733. The monoisotopic (exact) mass is 268 g/mol. The molecule has 1 rings (SSSR count). The predicted molar refractivity (Wildman–Crippen MR) is 73.0 cm³/mol. The zero-order chi connectivity index (χ0) is 14.6. The van der Waals surface area contributed by atoms with Gasteiger partial charge in [0.2, 0.25) is 0 Å². The number of allylic oxidation sites excluding steroid dienone is 2. The van der Waals surface area contributed by atoms with Crippen LogP contribution in [-0.2, 0) is 14.3 Å². The molecule has 0 aromatic rings. The molecular formula is C15H24O4. The lowest BCUT2D eigenvalue weighted by Crippen LogP contribution is -2.30. The summed E-state index contributed by atoms with van der Waals surface area (Å²) in [6, 6.07) is 0. The normalized spacial score (nSPS) is 20.8.